The van der Waals surface area contributed by atoms with Gasteiger partial charge < -0.3 is 10.3 Å². The van der Waals surface area contributed by atoms with Crippen LogP contribution in [-0.4, -0.2) is 11.1 Å². The molecule has 0 spiro atoms. The summed E-state index contributed by atoms with van der Waals surface area (Å²) in [4.78, 5) is 0. The Morgan fingerprint density at radius 3 is 3.12 bits per heavy atom. The Morgan fingerprint density at radius 1 is 1.44 bits per heavy atom. The van der Waals surface area contributed by atoms with Gasteiger partial charge in [0.2, 0.25) is 0 Å². The third-order valence-electron chi connectivity index (χ3n) is 3.73. The molecule has 1 aliphatic heterocycles. The summed E-state index contributed by atoms with van der Waals surface area (Å²) in [7, 11) is 0. The number of nitrogens with two attached hydrogens (primary N) is 1. The van der Waals surface area contributed by atoms with Gasteiger partial charge in [0.1, 0.15) is 0 Å². The minimum atomic E-state index is 0.464. The fourth-order valence-corrected chi connectivity index (χ4v) is 2.70. The molecule has 2 N–H and O–H groups in total. The first-order chi connectivity index (χ1) is 7.79. The third kappa shape index (κ3) is 1.37. The molecule has 0 radical (unpaired) electrons. The summed E-state index contributed by atoms with van der Waals surface area (Å²) in [5.74, 6) is 0.464. The van der Waals surface area contributed by atoms with Gasteiger partial charge in [-0.25, -0.2) is 0 Å². The predicted octanol–water partition coefficient (Wildman–Crippen LogP) is 2.65. The summed E-state index contributed by atoms with van der Waals surface area (Å²) in [5.41, 5.74) is 10.1. The third-order valence-corrected chi connectivity index (χ3v) is 3.73. The van der Waals surface area contributed by atoms with E-state index in [1.807, 2.05) is 0 Å². The van der Waals surface area contributed by atoms with Crippen molar-refractivity contribution >= 4 is 10.9 Å². The van der Waals surface area contributed by atoms with E-state index in [9.17, 15) is 0 Å². The minimum Gasteiger partial charge on any atom is -0.347 e. The van der Waals surface area contributed by atoms with Gasteiger partial charge in [-0.05, 0) is 48.6 Å². The SMILES string of the molecule is CC(CN)c1cc2c3c(ccn3CCC2)c1. The second-order valence-electron chi connectivity index (χ2n) is 4.87. The summed E-state index contributed by atoms with van der Waals surface area (Å²) in [6, 6.07) is 6.89. The van der Waals surface area contributed by atoms with E-state index in [1.165, 1.54) is 41.4 Å². The predicted molar refractivity (Wildman–Crippen MR) is 67.7 cm³/mol. The van der Waals surface area contributed by atoms with Crippen LogP contribution >= 0.6 is 0 Å². The maximum atomic E-state index is 5.75. The number of hydrogen-bond acceptors (Lipinski definition) is 1. The van der Waals surface area contributed by atoms with E-state index in [-0.39, 0.29) is 0 Å². The van der Waals surface area contributed by atoms with Gasteiger partial charge in [0, 0.05) is 18.1 Å². The summed E-state index contributed by atoms with van der Waals surface area (Å²) in [6.45, 7) is 4.10. The number of rotatable bonds is 2. The van der Waals surface area contributed by atoms with Crippen molar-refractivity contribution in [2.45, 2.75) is 32.2 Å². The van der Waals surface area contributed by atoms with Gasteiger partial charge in [-0.1, -0.05) is 13.0 Å². The van der Waals surface area contributed by atoms with Crippen LogP contribution in [-0.2, 0) is 13.0 Å². The molecule has 2 heteroatoms. The Hall–Kier alpha value is -1.28. The van der Waals surface area contributed by atoms with Gasteiger partial charge >= 0.3 is 0 Å². The molecule has 0 amide bonds. The molecule has 2 aromatic rings. The topological polar surface area (TPSA) is 30.9 Å². The molecule has 3 rings (SSSR count). The molecule has 1 atom stereocenters. The maximum Gasteiger partial charge on any atom is 0.0513 e. The first kappa shape index (κ1) is 9.91. The molecule has 1 aliphatic rings. The van der Waals surface area contributed by atoms with Gasteiger partial charge in [-0.15, -0.1) is 0 Å². The van der Waals surface area contributed by atoms with E-state index < -0.39 is 0 Å². The van der Waals surface area contributed by atoms with Crippen LogP contribution in [0.15, 0.2) is 24.4 Å². The van der Waals surface area contributed by atoms with Crippen LogP contribution in [0.25, 0.3) is 10.9 Å². The maximum absolute atomic E-state index is 5.75. The summed E-state index contributed by atoms with van der Waals surface area (Å²) in [5, 5.41) is 1.38. The number of nitrogens with zero attached hydrogens (tertiary/aromatic N) is 1. The smallest absolute Gasteiger partial charge is 0.0513 e. The lowest BCUT2D eigenvalue weighted by Crippen LogP contribution is -2.11. The largest absolute Gasteiger partial charge is 0.347 e. The normalized spacial score (nSPS) is 16.6. The second kappa shape index (κ2) is 3.63. The fourth-order valence-electron chi connectivity index (χ4n) is 2.70. The van der Waals surface area contributed by atoms with Crippen molar-refractivity contribution in [1.29, 1.82) is 0 Å². The van der Waals surface area contributed by atoms with E-state index in [0.29, 0.717) is 5.92 Å². The van der Waals surface area contributed by atoms with Crippen molar-refractivity contribution in [3.63, 3.8) is 0 Å². The molecular weight excluding hydrogens is 196 g/mol. The van der Waals surface area contributed by atoms with Crippen LogP contribution in [0.5, 0.6) is 0 Å². The summed E-state index contributed by atoms with van der Waals surface area (Å²) >= 11 is 0. The molecule has 2 heterocycles. The molecule has 0 aliphatic carbocycles. The van der Waals surface area contributed by atoms with Crippen molar-refractivity contribution in [2.24, 2.45) is 5.73 Å². The Bertz CT molecular complexity index is 525. The van der Waals surface area contributed by atoms with Crippen LogP contribution in [0.3, 0.4) is 0 Å². The zero-order valence-electron chi connectivity index (χ0n) is 9.74. The lowest BCUT2D eigenvalue weighted by Gasteiger charge is -2.18. The highest BCUT2D eigenvalue weighted by Gasteiger charge is 2.14. The Kier molecular flexibility index (Phi) is 2.25. The van der Waals surface area contributed by atoms with E-state index in [4.69, 9.17) is 5.73 Å². The quantitative estimate of drug-likeness (QED) is 0.818. The molecule has 0 bridgehead atoms. The zero-order chi connectivity index (χ0) is 11.1. The minimum absolute atomic E-state index is 0.464. The summed E-state index contributed by atoms with van der Waals surface area (Å²) in [6.07, 6.45) is 4.69. The zero-order valence-corrected chi connectivity index (χ0v) is 9.74. The molecule has 0 saturated carbocycles. The number of hydrogen-bond donors (Lipinski definition) is 1. The monoisotopic (exact) mass is 214 g/mol. The van der Waals surface area contributed by atoms with Crippen LogP contribution in [0, 0.1) is 0 Å². The molecule has 0 fully saturated rings. The van der Waals surface area contributed by atoms with Crippen LogP contribution in [0.1, 0.15) is 30.4 Å². The number of aryl methyl sites for hydroxylation is 2. The highest BCUT2D eigenvalue weighted by molar-refractivity contribution is 5.85. The van der Waals surface area contributed by atoms with Crippen molar-refractivity contribution in [3.8, 4) is 0 Å². The van der Waals surface area contributed by atoms with E-state index in [0.717, 1.165) is 6.54 Å². The van der Waals surface area contributed by atoms with Crippen LogP contribution < -0.4 is 5.73 Å². The highest BCUT2D eigenvalue weighted by atomic mass is 15.0. The van der Waals surface area contributed by atoms with Gasteiger partial charge in [0.15, 0.2) is 0 Å². The number of benzene rings is 1. The highest BCUT2D eigenvalue weighted by Crippen LogP contribution is 2.30. The van der Waals surface area contributed by atoms with Crippen molar-refractivity contribution < 1.29 is 0 Å². The van der Waals surface area contributed by atoms with E-state index >= 15 is 0 Å². The Morgan fingerprint density at radius 2 is 2.31 bits per heavy atom. The van der Waals surface area contributed by atoms with Crippen molar-refractivity contribution in [1.82, 2.24) is 4.57 Å². The molecule has 0 saturated heterocycles. The molecular formula is C14H18N2. The van der Waals surface area contributed by atoms with E-state index in [2.05, 4.69) is 35.9 Å². The van der Waals surface area contributed by atoms with E-state index in [1.54, 1.807) is 0 Å². The molecule has 2 nitrogen and oxygen atoms in total. The molecule has 1 aromatic carbocycles. The van der Waals surface area contributed by atoms with Gasteiger partial charge in [-0.3, -0.25) is 0 Å². The van der Waals surface area contributed by atoms with Crippen molar-refractivity contribution in [2.75, 3.05) is 6.54 Å². The van der Waals surface area contributed by atoms with Gasteiger partial charge in [-0.2, -0.15) is 0 Å². The van der Waals surface area contributed by atoms with Crippen LogP contribution in [0.2, 0.25) is 0 Å². The Balaban J connectivity index is 2.22. The average molecular weight is 214 g/mol. The van der Waals surface area contributed by atoms with Gasteiger partial charge in [0.25, 0.3) is 0 Å². The molecule has 1 unspecified atom stereocenters. The first-order valence-electron chi connectivity index (χ1n) is 6.11. The molecule has 84 valence electrons. The van der Waals surface area contributed by atoms with Gasteiger partial charge in [0.05, 0.1) is 5.52 Å². The fraction of sp³-hybridized carbons (Fsp3) is 0.429. The second-order valence-corrected chi connectivity index (χ2v) is 4.87. The Labute approximate surface area is 96.1 Å². The lowest BCUT2D eigenvalue weighted by molar-refractivity contribution is 0.634. The van der Waals surface area contributed by atoms with Crippen LogP contribution in [0.4, 0.5) is 0 Å². The first-order valence-corrected chi connectivity index (χ1v) is 6.11. The average Bonchev–Trinajstić information content (AvgIpc) is 2.73. The molecule has 1 aromatic heterocycles. The number of aromatic nitrogens is 1. The molecule has 16 heavy (non-hydrogen) atoms. The van der Waals surface area contributed by atoms with Crippen molar-refractivity contribution in [3.05, 3.63) is 35.5 Å². The summed E-state index contributed by atoms with van der Waals surface area (Å²) < 4.78 is 2.38. The lowest BCUT2D eigenvalue weighted by atomic mass is 9.94. The standard InChI is InChI=1S/C14H18N2/c1-10(9-15)13-7-11-3-2-5-16-6-4-12(8-13)14(11)16/h4,6-8,10H,2-3,5,9,15H2,1H3.